The lowest BCUT2D eigenvalue weighted by Crippen LogP contribution is -2.25. The van der Waals surface area contributed by atoms with Gasteiger partial charge in [-0.25, -0.2) is 0 Å². The molecule has 13 heavy (non-hydrogen) atoms. The third-order valence-electron chi connectivity index (χ3n) is 2.51. The molecule has 0 radical (unpaired) electrons. The molecular formula is C9H16N4. The first-order valence-electron chi connectivity index (χ1n) is 4.74. The normalized spacial score (nSPS) is 16.8. The summed E-state index contributed by atoms with van der Waals surface area (Å²) in [6, 6.07) is 0.827. The van der Waals surface area contributed by atoms with Gasteiger partial charge in [-0.1, -0.05) is 0 Å². The van der Waals surface area contributed by atoms with Gasteiger partial charge in [0.25, 0.3) is 0 Å². The molecule has 0 atom stereocenters. The van der Waals surface area contributed by atoms with E-state index in [0.29, 0.717) is 0 Å². The second-order valence-electron chi connectivity index (χ2n) is 3.75. The third kappa shape index (κ3) is 2.21. The Morgan fingerprint density at radius 3 is 3.00 bits per heavy atom. The number of rotatable bonds is 4. The Morgan fingerprint density at radius 2 is 2.46 bits per heavy atom. The summed E-state index contributed by atoms with van der Waals surface area (Å²) in [6.45, 7) is 2.00. The molecule has 1 saturated carbocycles. The highest BCUT2D eigenvalue weighted by molar-refractivity contribution is 5.30. The van der Waals surface area contributed by atoms with Crippen LogP contribution in [0.5, 0.6) is 0 Å². The van der Waals surface area contributed by atoms with Crippen LogP contribution in [0.1, 0.15) is 12.8 Å². The van der Waals surface area contributed by atoms with Crippen LogP contribution < -0.4 is 5.73 Å². The van der Waals surface area contributed by atoms with Crippen molar-refractivity contribution < 1.29 is 0 Å². The van der Waals surface area contributed by atoms with Gasteiger partial charge in [-0.3, -0.25) is 4.68 Å². The van der Waals surface area contributed by atoms with Gasteiger partial charge in [-0.15, -0.1) is 0 Å². The predicted molar refractivity (Wildman–Crippen MR) is 52.3 cm³/mol. The van der Waals surface area contributed by atoms with E-state index in [1.54, 1.807) is 6.20 Å². The van der Waals surface area contributed by atoms with E-state index in [0.717, 1.165) is 24.8 Å². The minimum Gasteiger partial charge on any atom is -0.396 e. The van der Waals surface area contributed by atoms with Gasteiger partial charge in [0, 0.05) is 18.8 Å². The molecule has 1 heterocycles. The van der Waals surface area contributed by atoms with Crippen LogP contribution in [0.2, 0.25) is 0 Å². The number of anilines is 1. The van der Waals surface area contributed by atoms with E-state index >= 15 is 0 Å². The van der Waals surface area contributed by atoms with E-state index < -0.39 is 0 Å². The molecule has 0 spiro atoms. The number of hydrogen-bond acceptors (Lipinski definition) is 3. The number of nitrogen functional groups attached to an aromatic ring is 1. The highest BCUT2D eigenvalue weighted by Gasteiger charge is 2.25. The minimum absolute atomic E-state index is 0.745. The van der Waals surface area contributed by atoms with Gasteiger partial charge >= 0.3 is 0 Å². The Hall–Kier alpha value is -1.03. The van der Waals surface area contributed by atoms with Gasteiger partial charge in [0.1, 0.15) is 0 Å². The molecule has 1 aromatic heterocycles. The molecule has 4 nitrogen and oxygen atoms in total. The summed E-state index contributed by atoms with van der Waals surface area (Å²) in [4.78, 5) is 2.39. The topological polar surface area (TPSA) is 47.1 Å². The van der Waals surface area contributed by atoms with Gasteiger partial charge in [0.15, 0.2) is 0 Å². The fourth-order valence-corrected chi connectivity index (χ4v) is 1.46. The molecule has 0 unspecified atom stereocenters. The van der Waals surface area contributed by atoms with Crippen LogP contribution in [-0.4, -0.2) is 34.3 Å². The summed E-state index contributed by atoms with van der Waals surface area (Å²) in [6.07, 6.45) is 6.29. The highest BCUT2D eigenvalue weighted by Crippen LogP contribution is 2.24. The molecule has 0 saturated heterocycles. The number of aromatic nitrogens is 2. The van der Waals surface area contributed by atoms with Crippen LogP contribution in [0.15, 0.2) is 12.4 Å². The summed E-state index contributed by atoms with van der Waals surface area (Å²) in [5, 5.41) is 4.13. The van der Waals surface area contributed by atoms with Crippen molar-refractivity contribution in [2.45, 2.75) is 25.4 Å². The molecule has 2 N–H and O–H groups in total. The number of nitrogens with zero attached hydrogens (tertiary/aromatic N) is 3. The molecule has 0 amide bonds. The summed E-state index contributed by atoms with van der Waals surface area (Å²) < 4.78 is 1.90. The monoisotopic (exact) mass is 180 g/mol. The van der Waals surface area contributed by atoms with Crippen LogP contribution in [-0.2, 0) is 6.54 Å². The maximum absolute atomic E-state index is 5.56. The summed E-state index contributed by atoms with van der Waals surface area (Å²) in [7, 11) is 2.17. The Morgan fingerprint density at radius 1 is 1.69 bits per heavy atom. The largest absolute Gasteiger partial charge is 0.396 e. The Kier molecular flexibility index (Phi) is 2.22. The van der Waals surface area contributed by atoms with Crippen molar-refractivity contribution in [3.8, 4) is 0 Å². The minimum atomic E-state index is 0.745. The molecular weight excluding hydrogens is 164 g/mol. The van der Waals surface area contributed by atoms with Gasteiger partial charge < -0.3 is 10.6 Å². The molecule has 1 aromatic rings. The lowest BCUT2D eigenvalue weighted by atomic mass is 10.5. The molecule has 0 aliphatic heterocycles. The average molecular weight is 180 g/mol. The SMILES string of the molecule is CN(CCn1cc(N)cn1)C1CC1. The van der Waals surface area contributed by atoms with E-state index in [4.69, 9.17) is 5.73 Å². The first-order valence-corrected chi connectivity index (χ1v) is 4.74. The maximum Gasteiger partial charge on any atom is 0.0719 e. The van der Waals surface area contributed by atoms with E-state index in [1.165, 1.54) is 12.8 Å². The smallest absolute Gasteiger partial charge is 0.0719 e. The Balaban J connectivity index is 1.78. The van der Waals surface area contributed by atoms with Crippen LogP contribution in [0.3, 0.4) is 0 Å². The first-order chi connectivity index (χ1) is 6.25. The summed E-state index contributed by atoms with van der Waals surface area (Å²) in [5.41, 5.74) is 6.30. The van der Waals surface area contributed by atoms with Crippen molar-refractivity contribution in [3.05, 3.63) is 12.4 Å². The Labute approximate surface area is 78.3 Å². The third-order valence-corrected chi connectivity index (χ3v) is 2.51. The zero-order valence-electron chi connectivity index (χ0n) is 7.98. The fraction of sp³-hybridized carbons (Fsp3) is 0.667. The number of hydrogen-bond donors (Lipinski definition) is 1. The van der Waals surface area contributed by atoms with Crippen LogP contribution in [0, 0.1) is 0 Å². The van der Waals surface area contributed by atoms with Gasteiger partial charge in [0.05, 0.1) is 18.4 Å². The van der Waals surface area contributed by atoms with Gasteiger partial charge in [-0.2, -0.15) is 5.10 Å². The first kappa shape index (κ1) is 8.56. The fourth-order valence-electron chi connectivity index (χ4n) is 1.46. The lowest BCUT2D eigenvalue weighted by molar-refractivity contribution is 0.303. The van der Waals surface area contributed by atoms with E-state index in [-0.39, 0.29) is 0 Å². The molecule has 2 rings (SSSR count). The quantitative estimate of drug-likeness (QED) is 0.736. The van der Waals surface area contributed by atoms with Crippen molar-refractivity contribution in [1.29, 1.82) is 0 Å². The lowest BCUT2D eigenvalue weighted by Gasteiger charge is -2.14. The predicted octanol–water partition coefficient (Wildman–Crippen LogP) is 0.559. The van der Waals surface area contributed by atoms with Crippen molar-refractivity contribution in [3.63, 3.8) is 0 Å². The van der Waals surface area contributed by atoms with Crippen LogP contribution >= 0.6 is 0 Å². The van der Waals surface area contributed by atoms with Crippen molar-refractivity contribution >= 4 is 5.69 Å². The zero-order chi connectivity index (χ0) is 9.26. The van der Waals surface area contributed by atoms with Crippen LogP contribution in [0.25, 0.3) is 0 Å². The van der Waals surface area contributed by atoms with Crippen LogP contribution in [0.4, 0.5) is 5.69 Å². The van der Waals surface area contributed by atoms with Gasteiger partial charge in [-0.05, 0) is 19.9 Å². The molecule has 0 bridgehead atoms. The number of likely N-dealkylation sites (N-methyl/N-ethyl adjacent to an activating group) is 1. The zero-order valence-corrected chi connectivity index (χ0v) is 7.98. The summed E-state index contributed by atoms with van der Waals surface area (Å²) >= 11 is 0. The molecule has 1 fully saturated rings. The maximum atomic E-state index is 5.56. The molecule has 1 aliphatic carbocycles. The molecule has 4 heteroatoms. The standard InChI is InChI=1S/C9H16N4/c1-12(9-2-3-9)4-5-13-7-8(10)6-11-13/h6-7,9H,2-5,10H2,1H3. The summed E-state index contributed by atoms with van der Waals surface area (Å²) in [5.74, 6) is 0. The van der Waals surface area contributed by atoms with Crippen molar-refractivity contribution in [1.82, 2.24) is 14.7 Å². The average Bonchev–Trinajstić information content (AvgIpc) is 2.87. The second-order valence-corrected chi connectivity index (χ2v) is 3.75. The molecule has 1 aliphatic rings. The molecule has 0 aromatic carbocycles. The second kappa shape index (κ2) is 3.38. The Bertz CT molecular complexity index is 277. The van der Waals surface area contributed by atoms with E-state index in [2.05, 4.69) is 17.0 Å². The molecule has 72 valence electrons. The van der Waals surface area contributed by atoms with Gasteiger partial charge in [0.2, 0.25) is 0 Å². The highest BCUT2D eigenvalue weighted by atomic mass is 15.3. The van der Waals surface area contributed by atoms with Crippen molar-refractivity contribution in [2.75, 3.05) is 19.3 Å². The number of nitrogens with two attached hydrogens (primary N) is 1. The van der Waals surface area contributed by atoms with E-state index in [9.17, 15) is 0 Å². The van der Waals surface area contributed by atoms with E-state index in [1.807, 2.05) is 10.9 Å². The van der Waals surface area contributed by atoms with Crippen molar-refractivity contribution in [2.24, 2.45) is 0 Å².